The minimum absolute atomic E-state index is 0.0294. The minimum Gasteiger partial charge on any atom is -0.378 e. The van der Waals surface area contributed by atoms with Crippen LogP contribution in [0.25, 0.3) is 54.6 Å². The summed E-state index contributed by atoms with van der Waals surface area (Å²) in [5, 5.41) is 5.35. The van der Waals surface area contributed by atoms with Gasteiger partial charge in [-0.2, -0.15) is 16.8 Å². The summed E-state index contributed by atoms with van der Waals surface area (Å²) in [6.45, 7) is 1.62. The van der Waals surface area contributed by atoms with Gasteiger partial charge in [0.15, 0.2) is 0 Å². The van der Waals surface area contributed by atoms with Crippen LogP contribution in [0.3, 0.4) is 0 Å². The van der Waals surface area contributed by atoms with E-state index in [9.17, 15) is 13.0 Å². The number of hydrogen-bond donors (Lipinski definition) is 1. The normalized spacial score (nSPS) is 13.5. The van der Waals surface area contributed by atoms with Crippen LogP contribution in [-0.2, 0) is 33.1 Å². The van der Waals surface area contributed by atoms with Crippen LogP contribution in [0.5, 0.6) is 5.75 Å². The monoisotopic (exact) mass is 684 g/mol. The standard InChI is InChI=1S/C41H32O6S2/c1-26-24-38(48(42,43)44)34-20-8-9-21-36(34)40(26)47-49(45,46)41-37(33-22-10-15-27-12-2-5-17-30(27)33)25-29-14-4-7-19-32(29)39(41)35-23-11-16-28-13-3-6-18-31(28)35/h2-7,10-19,22-25H,8-9,20-21H2,1H3,(H,42,43,44). The van der Waals surface area contributed by atoms with E-state index in [4.69, 9.17) is 4.18 Å². The number of fused-ring (bicyclic) bond motifs is 4. The second-order valence-electron chi connectivity index (χ2n) is 12.6. The molecule has 7 aromatic carbocycles. The van der Waals surface area contributed by atoms with Crippen molar-refractivity contribution in [1.29, 1.82) is 0 Å². The fourth-order valence-electron chi connectivity index (χ4n) is 7.47. The van der Waals surface area contributed by atoms with E-state index in [1.54, 1.807) is 6.92 Å². The first-order valence-electron chi connectivity index (χ1n) is 16.2. The predicted octanol–water partition coefficient (Wildman–Crippen LogP) is 9.68. The third kappa shape index (κ3) is 5.37. The number of aryl methyl sites for hydroxylation is 1. The van der Waals surface area contributed by atoms with E-state index in [2.05, 4.69) is 0 Å². The Kier molecular flexibility index (Phi) is 7.55. The number of hydrogen-bond acceptors (Lipinski definition) is 5. The van der Waals surface area contributed by atoms with E-state index in [0.29, 0.717) is 47.1 Å². The van der Waals surface area contributed by atoms with Gasteiger partial charge in [0.2, 0.25) is 0 Å². The zero-order valence-corrected chi connectivity index (χ0v) is 28.3. The highest BCUT2D eigenvalue weighted by Crippen LogP contribution is 2.47. The Bertz CT molecular complexity index is 2690. The van der Waals surface area contributed by atoms with Gasteiger partial charge in [-0.05, 0) is 99.3 Å². The van der Waals surface area contributed by atoms with Crippen molar-refractivity contribution >= 4 is 52.6 Å². The van der Waals surface area contributed by atoms with Gasteiger partial charge >= 0.3 is 10.1 Å². The van der Waals surface area contributed by atoms with Crippen molar-refractivity contribution in [1.82, 2.24) is 0 Å². The highest BCUT2D eigenvalue weighted by atomic mass is 32.2. The summed E-state index contributed by atoms with van der Waals surface area (Å²) in [4.78, 5) is -0.162. The van der Waals surface area contributed by atoms with Crippen LogP contribution in [0.2, 0.25) is 0 Å². The fourth-order valence-corrected chi connectivity index (χ4v) is 9.78. The van der Waals surface area contributed by atoms with Gasteiger partial charge in [0.1, 0.15) is 10.6 Å². The van der Waals surface area contributed by atoms with Crippen molar-refractivity contribution in [3.8, 4) is 28.0 Å². The predicted molar refractivity (Wildman–Crippen MR) is 195 cm³/mol. The van der Waals surface area contributed by atoms with E-state index in [1.165, 1.54) is 6.07 Å². The summed E-state index contributed by atoms with van der Waals surface area (Å²) in [5.74, 6) is 0.114. The summed E-state index contributed by atoms with van der Waals surface area (Å²) in [6.07, 6.45) is 2.26. The van der Waals surface area contributed by atoms with E-state index >= 15 is 8.42 Å². The summed E-state index contributed by atoms with van der Waals surface area (Å²) in [7, 11) is -9.15. The molecule has 0 spiro atoms. The lowest BCUT2D eigenvalue weighted by Crippen LogP contribution is -2.18. The summed E-state index contributed by atoms with van der Waals surface area (Å²) in [5.41, 5.74) is 3.75. The van der Waals surface area contributed by atoms with Crippen LogP contribution in [0.15, 0.2) is 131 Å². The Hall–Kier alpha value is -5.02. The first-order valence-corrected chi connectivity index (χ1v) is 19.1. The van der Waals surface area contributed by atoms with Crippen LogP contribution >= 0.6 is 0 Å². The summed E-state index contributed by atoms with van der Waals surface area (Å²) in [6, 6.07) is 38.6. The zero-order valence-electron chi connectivity index (χ0n) is 26.7. The zero-order chi connectivity index (χ0) is 33.9. The third-order valence-corrected chi connectivity index (χ3v) is 11.8. The van der Waals surface area contributed by atoms with Gasteiger partial charge in [-0.25, -0.2) is 0 Å². The highest BCUT2D eigenvalue weighted by molar-refractivity contribution is 7.87. The molecule has 7 aromatic rings. The molecule has 1 aliphatic rings. The molecule has 49 heavy (non-hydrogen) atoms. The topological polar surface area (TPSA) is 97.7 Å². The molecule has 8 heteroatoms. The maximum Gasteiger partial charge on any atom is 0.340 e. The molecule has 0 aromatic heterocycles. The summed E-state index contributed by atoms with van der Waals surface area (Å²) < 4.78 is 71.7. The molecule has 0 radical (unpaired) electrons. The van der Waals surface area contributed by atoms with E-state index in [1.807, 2.05) is 115 Å². The molecule has 0 unspecified atom stereocenters. The maximum absolute atomic E-state index is 15.2. The van der Waals surface area contributed by atoms with Crippen molar-refractivity contribution < 1.29 is 25.6 Å². The smallest absolute Gasteiger partial charge is 0.340 e. The largest absolute Gasteiger partial charge is 0.378 e. The van der Waals surface area contributed by atoms with Gasteiger partial charge in [-0.15, -0.1) is 0 Å². The van der Waals surface area contributed by atoms with Gasteiger partial charge in [-0.3, -0.25) is 4.55 Å². The molecular formula is C41H32O6S2. The second-order valence-corrected chi connectivity index (χ2v) is 15.5. The summed E-state index contributed by atoms with van der Waals surface area (Å²) >= 11 is 0. The van der Waals surface area contributed by atoms with E-state index in [-0.39, 0.29) is 15.5 Å². The third-order valence-electron chi connectivity index (χ3n) is 9.61. The fraction of sp³-hybridized carbons (Fsp3) is 0.122. The molecule has 0 aliphatic heterocycles. The molecule has 0 fully saturated rings. The van der Waals surface area contributed by atoms with Crippen molar-refractivity contribution in [2.45, 2.75) is 42.4 Å². The van der Waals surface area contributed by atoms with Gasteiger partial charge in [-0.1, -0.05) is 109 Å². The van der Waals surface area contributed by atoms with Gasteiger partial charge in [0.05, 0.1) is 4.90 Å². The molecule has 0 atom stereocenters. The maximum atomic E-state index is 15.2. The molecule has 1 aliphatic carbocycles. The average Bonchev–Trinajstić information content (AvgIpc) is 3.11. The molecule has 244 valence electrons. The number of rotatable bonds is 6. The Morgan fingerprint density at radius 2 is 1.10 bits per heavy atom. The van der Waals surface area contributed by atoms with Gasteiger partial charge in [0, 0.05) is 16.7 Å². The van der Waals surface area contributed by atoms with Crippen LogP contribution in [0.1, 0.15) is 29.5 Å². The van der Waals surface area contributed by atoms with Gasteiger partial charge < -0.3 is 4.18 Å². The Morgan fingerprint density at radius 1 is 0.571 bits per heavy atom. The molecule has 0 amide bonds. The lowest BCUT2D eigenvalue weighted by molar-refractivity contribution is 0.473. The van der Waals surface area contributed by atoms with Crippen LogP contribution in [-0.4, -0.2) is 21.4 Å². The minimum atomic E-state index is -4.62. The average molecular weight is 685 g/mol. The quantitative estimate of drug-likeness (QED) is 0.138. The van der Waals surface area contributed by atoms with E-state index in [0.717, 1.165) is 49.9 Å². The highest BCUT2D eigenvalue weighted by Gasteiger charge is 2.33. The Balaban J connectivity index is 1.49. The molecule has 0 heterocycles. The van der Waals surface area contributed by atoms with Crippen LogP contribution < -0.4 is 4.18 Å². The lowest BCUT2D eigenvalue weighted by atomic mass is 9.89. The molecule has 0 saturated carbocycles. The Morgan fingerprint density at radius 3 is 1.76 bits per heavy atom. The second kappa shape index (κ2) is 11.8. The van der Waals surface area contributed by atoms with Crippen LogP contribution in [0.4, 0.5) is 0 Å². The van der Waals surface area contributed by atoms with Crippen LogP contribution in [0, 0.1) is 6.92 Å². The number of benzene rings is 7. The molecule has 0 bridgehead atoms. The van der Waals surface area contributed by atoms with Crippen molar-refractivity contribution in [3.63, 3.8) is 0 Å². The van der Waals surface area contributed by atoms with Gasteiger partial charge in [0.25, 0.3) is 10.1 Å². The molecule has 6 nitrogen and oxygen atoms in total. The first-order chi connectivity index (χ1) is 23.6. The van der Waals surface area contributed by atoms with Crippen molar-refractivity contribution in [3.05, 3.63) is 138 Å². The molecular weight excluding hydrogens is 653 g/mol. The first kappa shape index (κ1) is 31.3. The van der Waals surface area contributed by atoms with E-state index < -0.39 is 20.2 Å². The van der Waals surface area contributed by atoms with Crippen molar-refractivity contribution in [2.75, 3.05) is 0 Å². The SMILES string of the molecule is Cc1cc(S(=O)(=O)O)c2c(c1OS(=O)(=O)c1c(-c3cccc4ccccc34)cc3ccccc3c1-c1cccc3ccccc13)CCCC2. The van der Waals surface area contributed by atoms with Crippen molar-refractivity contribution in [2.24, 2.45) is 0 Å². The molecule has 8 rings (SSSR count). The lowest BCUT2D eigenvalue weighted by Gasteiger charge is -2.25. The molecule has 1 N–H and O–H groups in total. The Labute approximate surface area is 285 Å². The molecule has 0 saturated heterocycles.